The summed E-state index contributed by atoms with van der Waals surface area (Å²) in [6.45, 7) is 4.51. The lowest BCUT2D eigenvalue weighted by Gasteiger charge is -2.43. The molecule has 2 aliphatic carbocycles. The zero-order valence-corrected chi connectivity index (χ0v) is 27.0. The molecule has 3 aromatic carbocycles. The van der Waals surface area contributed by atoms with Crippen LogP contribution in [0, 0.1) is 11.8 Å². The van der Waals surface area contributed by atoms with Crippen LogP contribution in [0.4, 0.5) is 23.2 Å². The molecule has 3 fully saturated rings. The van der Waals surface area contributed by atoms with E-state index in [2.05, 4.69) is 14.6 Å². The van der Waals surface area contributed by atoms with Crippen molar-refractivity contribution in [2.24, 2.45) is 11.8 Å². The molecule has 1 aliphatic heterocycles. The van der Waals surface area contributed by atoms with Crippen LogP contribution in [0.15, 0.2) is 83.9 Å². The van der Waals surface area contributed by atoms with E-state index in [0.717, 1.165) is 24.3 Å². The van der Waals surface area contributed by atoms with Gasteiger partial charge in [0.15, 0.2) is 11.0 Å². The number of amides is 1. The summed E-state index contributed by atoms with van der Waals surface area (Å²) in [7, 11) is -1.83. The van der Waals surface area contributed by atoms with Gasteiger partial charge in [0, 0.05) is 62.2 Å². The average molecular weight is 665 g/mol. The van der Waals surface area contributed by atoms with Crippen LogP contribution in [0.25, 0.3) is 10.9 Å². The lowest BCUT2D eigenvalue weighted by atomic mass is 9.89. The molecule has 1 aromatic heterocycles. The summed E-state index contributed by atoms with van der Waals surface area (Å²) in [5.74, 6) is -5.37. The van der Waals surface area contributed by atoms with Crippen LogP contribution in [-0.4, -0.2) is 51.1 Å². The minimum atomic E-state index is -3.18. The number of piperazine rings is 1. The first-order valence-corrected chi connectivity index (χ1v) is 17.1. The van der Waals surface area contributed by atoms with Gasteiger partial charge in [-0.2, -0.15) is 0 Å². The van der Waals surface area contributed by atoms with Crippen molar-refractivity contribution in [1.29, 1.82) is 0 Å². The van der Waals surface area contributed by atoms with Crippen molar-refractivity contribution in [3.05, 3.63) is 101 Å². The van der Waals surface area contributed by atoms with E-state index in [0.29, 0.717) is 54.0 Å². The molecule has 7 rings (SSSR count). The molecule has 1 N–H and O–H groups in total. The van der Waals surface area contributed by atoms with Gasteiger partial charge in [-0.05, 0) is 53.6 Å². The van der Waals surface area contributed by atoms with Gasteiger partial charge in [0.1, 0.15) is 0 Å². The van der Waals surface area contributed by atoms with Crippen LogP contribution in [0.5, 0.6) is 0 Å². The molecule has 1 saturated heterocycles. The lowest BCUT2D eigenvalue weighted by Crippen LogP contribution is -2.54. The summed E-state index contributed by atoms with van der Waals surface area (Å²) >= 11 is 0. The summed E-state index contributed by atoms with van der Waals surface area (Å²) in [6, 6.07) is 20.0. The van der Waals surface area contributed by atoms with Crippen molar-refractivity contribution in [3.63, 3.8) is 0 Å². The van der Waals surface area contributed by atoms with E-state index in [1.165, 1.54) is 19.1 Å². The first-order chi connectivity index (χ1) is 22.4. The molecule has 0 radical (unpaired) electrons. The van der Waals surface area contributed by atoms with Gasteiger partial charge in [0.25, 0.3) is 11.8 Å². The SMILES string of the molecule is CCC(F)(F)c1ccc(CC(=O)N2CCN(C3(c4ccc(NS(=O)c5cccc6cccnc56)c(C(C)(F)F)c4)C4CC43)CC2)cc1. The Morgan fingerprint density at radius 1 is 0.979 bits per heavy atom. The highest BCUT2D eigenvalue weighted by Crippen LogP contribution is 2.79. The predicted molar refractivity (Wildman–Crippen MR) is 174 cm³/mol. The van der Waals surface area contributed by atoms with Crippen molar-refractivity contribution in [2.75, 3.05) is 30.9 Å². The number of carbonyl (C=O) groups is 1. The minimum absolute atomic E-state index is 0.0544. The molecule has 3 unspecified atom stereocenters. The largest absolute Gasteiger partial charge is 0.340 e. The summed E-state index contributed by atoms with van der Waals surface area (Å²) in [5, 5.41) is 0.807. The van der Waals surface area contributed by atoms with Gasteiger partial charge >= 0.3 is 0 Å². The maximum atomic E-state index is 15.1. The molecule has 1 amide bonds. The fourth-order valence-corrected chi connectivity index (χ4v) is 8.34. The third-order valence-electron chi connectivity index (χ3n) is 10.1. The Kier molecular flexibility index (Phi) is 7.90. The first kappa shape index (κ1) is 31.8. The number of carbonyl (C=O) groups excluding carboxylic acids is 1. The maximum absolute atomic E-state index is 15.1. The average Bonchev–Trinajstić information content (AvgIpc) is 3.99. The number of hydrogen-bond acceptors (Lipinski definition) is 4. The van der Waals surface area contributed by atoms with Crippen molar-refractivity contribution >= 4 is 33.5 Å². The number of aromatic nitrogens is 1. The fourth-order valence-electron chi connectivity index (χ4n) is 7.30. The van der Waals surface area contributed by atoms with Gasteiger partial charge in [-0.3, -0.25) is 14.7 Å². The Hall–Kier alpha value is -3.83. The molecule has 47 heavy (non-hydrogen) atoms. The Labute approximate surface area is 273 Å². The smallest absolute Gasteiger partial charge is 0.273 e. The number of anilines is 1. The highest BCUT2D eigenvalue weighted by Gasteiger charge is 2.79. The molecule has 0 spiro atoms. The molecule has 246 valence electrons. The van der Waals surface area contributed by atoms with Gasteiger partial charge in [-0.15, -0.1) is 0 Å². The number of nitrogens with one attached hydrogen (secondary N) is 1. The van der Waals surface area contributed by atoms with E-state index >= 15 is 8.78 Å². The predicted octanol–water partition coefficient (Wildman–Crippen LogP) is 7.21. The Morgan fingerprint density at radius 2 is 1.68 bits per heavy atom. The summed E-state index contributed by atoms with van der Waals surface area (Å²) in [6.07, 6.45) is 2.50. The first-order valence-electron chi connectivity index (χ1n) is 16.0. The van der Waals surface area contributed by atoms with Gasteiger partial charge in [-0.25, -0.2) is 21.8 Å². The highest BCUT2D eigenvalue weighted by atomic mass is 32.2. The molecule has 3 atom stereocenters. The number of nitrogens with zero attached hydrogens (tertiary/aromatic N) is 3. The molecule has 4 aromatic rings. The van der Waals surface area contributed by atoms with Crippen LogP contribution in [0.3, 0.4) is 0 Å². The van der Waals surface area contributed by atoms with Crippen LogP contribution >= 0.6 is 0 Å². The van der Waals surface area contributed by atoms with Gasteiger partial charge < -0.3 is 9.62 Å². The van der Waals surface area contributed by atoms with Crippen molar-refractivity contribution in [1.82, 2.24) is 14.8 Å². The number of para-hydroxylation sites is 1. The van der Waals surface area contributed by atoms with Crippen LogP contribution in [0.1, 0.15) is 48.9 Å². The maximum Gasteiger partial charge on any atom is 0.273 e. The number of hydrogen-bond donors (Lipinski definition) is 1. The Bertz CT molecular complexity index is 1840. The van der Waals surface area contributed by atoms with Gasteiger partial charge in [0.2, 0.25) is 5.91 Å². The van der Waals surface area contributed by atoms with Crippen molar-refractivity contribution in [2.45, 2.75) is 55.4 Å². The van der Waals surface area contributed by atoms with Crippen molar-refractivity contribution in [3.8, 4) is 0 Å². The summed E-state index contributed by atoms with van der Waals surface area (Å²) in [4.78, 5) is 22.0. The number of rotatable bonds is 10. The lowest BCUT2D eigenvalue weighted by molar-refractivity contribution is -0.133. The van der Waals surface area contributed by atoms with Gasteiger partial charge in [-0.1, -0.05) is 55.5 Å². The number of alkyl halides is 4. The normalized spacial score (nSPS) is 23.3. The fraction of sp³-hybridized carbons (Fsp3) is 0.389. The zero-order valence-electron chi connectivity index (χ0n) is 26.2. The quantitative estimate of drug-likeness (QED) is 0.182. The van der Waals surface area contributed by atoms with Crippen LogP contribution < -0.4 is 4.72 Å². The molecule has 3 aliphatic rings. The third kappa shape index (κ3) is 5.71. The second-order valence-corrected chi connectivity index (χ2v) is 14.1. The molecular formula is C36H36F4N4O2S. The van der Waals surface area contributed by atoms with E-state index in [1.54, 1.807) is 53.6 Å². The van der Waals surface area contributed by atoms with E-state index in [4.69, 9.17) is 0 Å². The van der Waals surface area contributed by atoms with E-state index in [9.17, 15) is 17.8 Å². The van der Waals surface area contributed by atoms with E-state index in [1.807, 2.05) is 18.2 Å². The van der Waals surface area contributed by atoms with Crippen LogP contribution in [-0.2, 0) is 39.6 Å². The van der Waals surface area contributed by atoms with Crippen LogP contribution in [0.2, 0.25) is 0 Å². The summed E-state index contributed by atoms with van der Waals surface area (Å²) in [5.41, 5.74) is 1.56. The van der Waals surface area contributed by atoms with Gasteiger partial charge in [0.05, 0.1) is 28.1 Å². The Morgan fingerprint density at radius 3 is 2.32 bits per heavy atom. The summed E-state index contributed by atoms with van der Waals surface area (Å²) < 4.78 is 74.5. The second-order valence-electron chi connectivity index (χ2n) is 12.9. The number of benzene rings is 3. The molecule has 0 bridgehead atoms. The van der Waals surface area contributed by atoms with E-state index in [-0.39, 0.29) is 41.1 Å². The topological polar surface area (TPSA) is 65.5 Å². The molecule has 11 heteroatoms. The van der Waals surface area contributed by atoms with E-state index < -0.39 is 22.8 Å². The second kappa shape index (κ2) is 11.7. The number of pyridine rings is 1. The van der Waals surface area contributed by atoms with Crippen molar-refractivity contribution < 1.29 is 26.6 Å². The zero-order chi connectivity index (χ0) is 33.1. The highest BCUT2D eigenvalue weighted by molar-refractivity contribution is 7.86. The standard InChI is InChI=1S/C36H36F4N4O2S/c1-3-35(39,40)25-11-9-23(10-12-25)20-32(45)43-16-18-44(19-17-43)36(27-22-28(27)36)26-13-14-30(29(21-26)34(2,37)38)42-47(46)31-8-4-6-24-7-5-15-41-33(24)31/h4-15,21,27-28,42H,3,16-20,22H2,1-2H3. The third-order valence-corrected chi connectivity index (χ3v) is 11.2. The minimum Gasteiger partial charge on any atom is -0.340 e. The monoisotopic (exact) mass is 664 g/mol. The Balaban J connectivity index is 1.05. The number of fused-ring (bicyclic) bond motifs is 2. The molecule has 2 saturated carbocycles. The molecule has 2 heterocycles. The molecule has 6 nitrogen and oxygen atoms in total. The number of halogens is 4. The molecular weight excluding hydrogens is 628 g/mol.